The fourth-order valence-corrected chi connectivity index (χ4v) is 4.71. The summed E-state index contributed by atoms with van der Waals surface area (Å²) in [5.41, 5.74) is 0. The van der Waals surface area contributed by atoms with E-state index in [-0.39, 0.29) is 18.3 Å². The molecule has 2 atom stereocenters. The van der Waals surface area contributed by atoms with Crippen molar-refractivity contribution in [2.75, 3.05) is 12.8 Å². The summed E-state index contributed by atoms with van der Waals surface area (Å²) in [6, 6.07) is 9.46. The lowest BCUT2D eigenvalue weighted by Gasteiger charge is -2.35. The van der Waals surface area contributed by atoms with E-state index in [1.807, 2.05) is 36.2 Å². The number of nitrogens with one attached hydrogen (secondary N) is 1. The summed E-state index contributed by atoms with van der Waals surface area (Å²) >= 11 is 7.80. The molecule has 2 fully saturated rings. The first-order valence-electron chi connectivity index (χ1n) is 8.02. The number of fused-ring (bicyclic) bond motifs is 2. The van der Waals surface area contributed by atoms with Gasteiger partial charge < -0.3 is 10.2 Å². The standard InChI is InChI=1S/C17H23ClN2OS.ClH/c1-20(14-10-12-6-7-13(11-14)19-12)17(21)8-9-22-16-5-3-2-4-15(16)18;/h2-5,12-14,19H,6-11H2,1H3;1H. The van der Waals surface area contributed by atoms with Gasteiger partial charge in [0.25, 0.3) is 0 Å². The van der Waals surface area contributed by atoms with E-state index >= 15 is 0 Å². The molecule has 0 radical (unpaired) electrons. The molecule has 0 saturated carbocycles. The van der Waals surface area contributed by atoms with E-state index in [1.165, 1.54) is 12.8 Å². The molecule has 2 aliphatic heterocycles. The summed E-state index contributed by atoms with van der Waals surface area (Å²) in [7, 11) is 1.97. The highest BCUT2D eigenvalue weighted by atomic mass is 35.5. The van der Waals surface area contributed by atoms with Gasteiger partial charge in [-0.3, -0.25) is 4.79 Å². The third-order valence-corrected chi connectivity index (χ3v) is 6.32. The molecule has 2 aliphatic rings. The molecule has 1 aromatic carbocycles. The monoisotopic (exact) mass is 374 g/mol. The number of benzene rings is 1. The smallest absolute Gasteiger partial charge is 0.223 e. The largest absolute Gasteiger partial charge is 0.343 e. The van der Waals surface area contributed by atoms with Gasteiger partial charge in [0.15, 0.2) is 0 Å². The summed E-state index contributed by atoms with van der Waals surface area (Å²) < 4.78 is 0. The molecule has 0 spiro atoms. The summed E-state index contributed by atoms with van der Waals surface area (Å²) in [5, 5.41) is 4.40. The van der Waals surface area contributed by atoms with Crippen molar-refractivity contribution >= 4 is 41.7 Å². The van der Waals surface area contributed by atoms with E-state index in [0.717, 1.165) is 28.5 Å². The molecular weight excluding hydrogens is 351 g/mol. The van der Waals surface area contributed by atoms with Crippen molar-refractivity contribution in [2.45, 2.75) is 55.1 Å². The first kappa shape index (κ1) is 18.9. The quantitative estimate of drug-likeness (QED) is 0.790. The van der Waals surface area contributed by atoms with Crippen LogP contribution in [0, 0.1) is 0 Å². The van der Waals surface area contributed by atoms with Gasteiger partial charge in [-0.1, -0.05) is 23.7 Å². The zero-order chi connectivity index (χ0) is 15.5. The molecule has 2 unspecified atom stereocenters. The number of nitrogens with zero attached hydrogens (tertiary/aromatic N) is 1. The zero-order valence-corrected chi connectivity index (χ0v) is 15.7. The predicted octanol–water partition coefficient (Wildman–Crippen LogP) is 3.99. The Balaban J connectivity index is 0.00000192. The van der Waals surface area contributed by atoms with Crippen molar-refractivity contribution in [3.8, 4) is 0 Å². The maximum absolute atomic E-state index is 12.4. The van der Waals surface area contributed by atoms with Crippen LogP contribution in [0.2, 0.25) is 5.02 Å². The SMILES string of the molecule is CN(C(=O)CCSc1ccccc1Cl)C1CC2CCC(C1)N2.Cl. The minimum Gasteiger partial charge on any atom is -0.343 e. The minimum absolute atomic E-state index is 0. The maximum Gasteiger partial charge on any atom is 0.223 e. The molecule has 128 valence electrons. The minimum atomic E-state index is 0. The summed E-state index contributed by atoms with van der Waals surface area (Å²) in [4.78, 5) is 15.5. The highest BCUT2D eigenvalue weighted by Crippen LogP contribution is 2.30. The first-order chi connectivity index (χ1) is 10.6. The lowest BCUT2D eigenvalue weighted by atomic mass is 9.98. The van der Waals surface area contributed by atoms with Gasteiger partial charge in [0.1, 0.15) is 0 Å². The van der Waals surface area contributed by atoms with Crippen molar-refractivity contribution in [3.63, 3.8) is 0 Å². The van der Waals surface area contributed by atoms with E-state index in [2.05, 4.69) is 5.32 Å². The van der Waals surface area contributed by atoms with Crippen LogP contribution in [-0.2, 0) is 4.79 Å². The predicted molar refractivity (Wildman–Crippen MR) is 99.8 cm³/mol. The van der Waals surface area contributed by atoms with Crippen molar-refractivity contribution in [1.29, 1.82) is 0 Å². The second kappa shape index (κ2) is 8.61. The second-order valence-electron chi connectivity index (χ2n) is 6.30. The summed E-state index contributed by atoms with van der Waals surface area (Å²) in [6.07, 6.45) is 5.33. The average Bonchev–Trinajstić information content (AvgIpc) is 2.86. The van der Waals surface area contributed by atoms with Crippen LogP contribution < -0.4 is 5.32 Å². The molecule has 23 heavy (non-hydrogen) atoms. The van der Waals surface area contributed by atoms with Crippen LogP contribution in [0.4, 0.5) is 0 Å². The molecule has 1 aromatic rings. The Hall–Kier alpha value is -0.420. The third kappa shape index (κ3) is 4.79. The molecule has 2 saturated heterocycles. The van der Waals surface area contributed by atoms with Gasteiger partial charge in [0.05, 0.1) is 5.02 Å². The van der Waals surface area contributed by atoms with Gasteiger partial charge in [-0.15, -0.1) is 24.2 Å². The molecule has 3 rings (SSSR count). The van der Waals surface area contributed by atoms with Gasteiger partial charge in [0, 0.05) is 42.2 Å². The lowest BCUT2D eigenvalue weighted by Crippen LogP contribution is -2.48. The Morgan fingerprint density at radius 3 is 2.61 bits per heavy atom. The van der Waals surface area contributed by atoms with Crippen LogP contribution in [0.25, 0.3) is 0 Å². The van der Waals surface area contributed by atoms with Crippen LogP contribution in [0.3, 0.4) is 0 Å². The lowest BCUT2D eigenvalue weighted by molar-refractivity contribution is -0.132. The van der Waals surface area contributed by atoms with E-state index in [0.29, 0.717) is 24.5 Å². The Morgan fingerprint density at radius 1 is 1.30 bits per heavy atom. The molecule has 2 bridgehead atoms. The molecule has 1 amide bonds. The van der Waals surface area contributed by atoms with Gasteiger partial charge in [0.2, 0.25) is 5.91 Å². The van der Waals surface area contributed by atoms with E-state index in [4.69, 9.17) is 11.6 Å². The van der Waals surface area contributed by atoms with Crippen LogP contribution in [0.1, 0.15) is 32.1 Å². The second-order valence-corrected chi connectivity index (χ2v) is 7.84. The Kier molecular flexibility index (Phi) is 7.08. The Labute approximate surface area is 153 Å². The Morgan fingerprint density at radius 2 is 1.96 bits per heavy atom. The average molecular weight is 375 g/mol. The molecule has 2 heterocycles. The number of carbonyl (C=O) groups is 1. The summed E-state index contributed by atoms with van der Waals surface area (Å²) in [6.45, 7) is 0. The number of halogens is 2. The van der Waals surface area contributed by atoms with Crippen LogP contribution in [0.15, 0.2) is 29.2 Å². The van der Waals surface area contributed by atoms with Gasteiger partial charge >= 0.3 is 0 Å². The van der Waals surface area contributed by atoms with E-state index in [9.17, 15) is 4.79 Å². The normalized spacial score (nSPS) is 25.7. The van der Waals surface area contributed by atoms with Gasteiger partial charge in [-0.25, -0.2) is 0 Å². The van der Waals surface area contributed by atoms with Crippen LogP contribution in [0.5, 0.6) is 0 Å². The molecule has 0 aromatic heterocycles. The Bertz CT molecular complexity index is 531. The first-order valence-corrected chi connectivity index (χ1v) is 9.39. The molecule has 3 nitrogen and oxygen atoms in total. The number of hydrogen-bond donors (Lipinski definition) is 1. The zero-order valence-electron chi connectivity index (χ0n) is 13.3. The topological polar surface area (TPSA) is 32.3 Å². The number of thioether (sulfide) groups is 1. The van der Waals surface area contributed by atoms with Crippen molar-refractivity contribution in [3.05, 3.63) is 29.3 Å². The van der Waals surface area contributed by atoms with Crippen molar-refractivity contribution in [1.82, 2.24) is 10.2 Å². The van der Waals surface area contributed by atoms with Crippen LogP contribution in [-0.4, -0.2) is 41.7 Å². The number of rotatable bonds is 5. The number of hydrogen-bond acceptors (Lipinski definition) is 3. The third-order valence-electron chi connectivity index (χ3n) is 4.80. The van der Waals surface area contributed by atoms with Gasteiger partial charge in [-0.2, -0.15) is 0 Å². The molecule has 0 aliphatic carbocycles. The van der Waals surface area contributed by atoms with E-state index < -0.39 is 0 Å². The molecule has 1 N–H and O–H groups in total. The van der Waals surface area contributed by atoms with Crippen LogP contribution >= 0.6 is 35.8 Å². The highest BCUT2D eigenvalue weighted by Gasteiger charge is 2.36. The fraction of sp³-hybridized carbons (Fsp3) is 0.588. The fourth-order valence-electron chi connectivity index (χ4n) is 3.53. The molecule has 6 heteroatoms. The van der Waals surface area contributed by atoms with Gasteiger partial charge in [-0.05, 0) is 37.8 Å². The van der Waals surface area contributed by atoms with Crippen molar-refractivity contribution < 1.29 is 4.79 Å². The maximum atomic E-state index is 12.4. The highest BCUT2D eigenvalue weighted by molar-refractivity contribution is 7.99. The molecular formula is C17H24Cl2N2OS. The van der Waals surface area contributed by atoms with Crippen molar-refractivity contribution in [2.24, 2.45) is 0 Å². The van der Waals surface area contributed by atoms with E-state index in [1.54, 1.807) is 11.8 Å². The number of piperidine rings is 1. The number of amides is 1. The summed E-state index contributed by atoms with van der Waals surface area (Å²) in [5.74, 6) is 1.04. The number of carbonyl (C=O) groups excluding carboxylic acids is 1.